The molecule has 7 heteroatoms. The van der Waals surface area contributed by atoms with Gasteiger partial charge in [-0.05, 0) is 19.1 Å². The molecule has 0 aliphatic rings. The first-order valence-corrected chi connectivity index (χ1v) is 6.66. The lowest BCUT2D eigenvalue weighted by Gasteiger charge is -2.16. The van der Waals surface area contributed by atoms with Gasteiger partial charge >= 0.3 is 0 Å². The second-order valence-electron chi connectivity index (χ2n) is 4.07. The number of aryl methyl sites for hydroxylation is 1. The Morgan fingerprint density at radius 3 is 2.74 bits per heavy atom. The van der Waals surface area contributed by atoms with Gasteiger partial charge in [0.05, 0.1) is 17.2 Å². The second kappa shape index (κ2) is 5.75. The minimum Gasteiger partial charge on any atom is -0.354 e. The zero-order chi connectivity index (χ0) is 13.8. The molecular formula is C12H15N5OS. The number of carbonyl (C=O) groups excluding carboxylic acids is 1. The molecule has 2 aromatic heterocycles. The maximum atomic E-state index is 11.4. The normalized spacial score (nSPS) is 10.3. The molecule has 2 rings (SSSR count). The number of hydrogen-bond donors (Lipinski definition) is 1. The van der Waals surface area contributed by atoms with E-state index in [4.69, 9.17) is 0 Å². The summed E-state index contributed by atoms with van der Waals surface area (Å²) in [4.78, 5) is 17.7. The van der Waals surface area contributed by atoms with Gasteiger partial charge in [0, 0.05) is 19.5 Å². The fourth-order valence-corrected chi connectivity index (χ4v) is 2.19. The molecule has 0 aliphatic heterocycles. The Morgan fingerprint density at radius 1 is 1.42 bits per heavy atom. The molecule has 0 unspecified atom stereocenters. The predicted octanol–water partition coefficient (Wildman–Crippen LogP) is 1.24. The van der Waals surface area contributed by atoms with Crippen molar-refractivity contribution >= 4 is 23.1 Å². The molecule has 0 saturated heterocycles. The first kappa shape index (κ1) is 13.4. The van der Waals surface area contributed by atoms with E-state index in [9.17, 15) is 4.79 Å². The molecule has 0 atom stereocenters. The van der Waals surface area contributed by atoms with E-state index in [0.717, 1.165) is 10.7 Å². The number of carbonyl (C=O) groups is 1. The standard InChI is InChI=1S/C12H15N5OS/c1-8-14-9(7-19-8)6-17(3)11-5-4-10(15-16-11)12(18)13-2/h4-5,7H,6H2,1-3H3,(H,13,18). The molecule has 1 N–H and O–H groups in total. The molecule has 0 bridgehead atoms. The van der Waals surface area contributed by atoms with Crippen LogP contribution in [-0.2, 0) is 6.54 Å². The minimum atomic E-state index is -0.239. The van der Waals surface area contributed by atoms with Crippen LogP contribution in [0.2, 0.25) is 0 Å². The highest BCUT2D eigenvalue weighted by atomic mass is 32.1. The van der Waals surface area contributed by atoms with Gasteiger partial charge in [-0.3, -0.25) is 4.79 Å². The molecule has 0 radical (unpaired) electrons. The van der Waals surface area contributed by atoms with Crippen molar-refractivity contribution in [3.05, 3.63) is 33.9 Å². The number of thiazole rings is 1. The smallest absolute Gasteiger partial charge is 0.271 e. The number of nitrogens with zero attached hydrogens (tertiary/aromatic N) is 4. The number of hydrogen-bond acceptors (Lipinski definition) is 6. The molecule has 1 amide bonds. The first-order chi connectivity index (χ1) is 9.10. The summed E-state index contributed by atoms with van der Waals surface area (Å²) >= 11 is 1.62. The zero-order valence-electron chi connectivity index (χ0n) is 11.0. The summed E-state index contributed by atoms with van der Waals surface area (Å²) in [6.07, 6.45) is 0. The van der Waals surface area contributed by atoms with E-state index < -0.39 is 0 Å². The van der Waals surface area contributed by atoms with Crippen LogP contribution >= 0.6 is 11.3 Å². The molecule has 0 spiro atoms. The molecule has 2 aromatic rings. The molecule has 19 heavy (non-hydrogen) atoms. The Labute approximate surface area is 115 Å². The first-order valence-electron chi connectivity index (χ1n) is 5.78. The Bertz CT molecular complexity index is 566. The average Bonchev–Trinajstić information content (AvgIpc) is 2.83. The van der Waals surface area contributed by atoms with Gasteiger partial charge in [0.25, 0.3) is 5.91 Å². The van der Waals surface area contributed by atoms with Crippen LogP contribution < -0.4 is 10.2 Å². The van der Waals surface area contributed by atoms with Crippen molar-refractivity contribution in [1.82, 2.24) is 20.5 Å². The Kier molecular flexibility index (Phi) is 4.06. The van der Waals surface area contributed by atoms with Crippen molar-refractivity contribution in [2.45, 2.75) is 13.5 Å². The fraction of sp³-hybridized carbons (Fsp3) is 0.333. The van der Waals surface area contributed by atoms with Crippen molar-refractivity contribution in [3.63, 3.8) is 0 Å². The Hall–Kier alpha value is -2.02. The van der Waals surface area contributed by atoms with E-state index in [1.165, 1.54) is 0 Å². The third-order valence-electron chi connectivity index (χ3n) is 2.57. The molecule has 0 saturated carbocycles. The summed E-state index contributed by atoms with van der Waals surface area (Å²) in [5.41, 5.74) is 1.31. The van der Waals surface area contributed by atoms with Gasteiger partial charge in [0.2, 0.25) is 0 Å². The lowest BCUT2D eigenvalue weighted by Crippen LogP contribution is -2.22. The van der Waals surface area contributed by atoms with Crippen molar-refractivity contribution in [1.29, 1.82) is 0 Å². The van der Waals surface area contributed by atoms with Gasteiger partial charge < -0.3 is 10.2 Å². The van der Waals surface area contributed by atoms with Gasteiger partial charge in [-0.15, -0.1) is 21.5 Å². The van der Waals surface area contributed by atoms with Crippen molar-refractivity contribution in [3.8, 4) is 0 Å². The van der Waals surface area contributed by atoms with Crippen LogP contribution in [-0.4, -0.2) is 35.2 Å². The molecule has 100 valence electrons. The molecule has 0 aromatic carbocycles. The number of rotatable bonds is 4. The average molecular weight is 277 g/mol. The Balaban J connectivity index is 2.07. The minimum absolute atomic E-state index is 0.239. The van der Waals surface area contributed by atoms with Crippen LogP contribution in [0, 0.1) is 6.92 Å². The van der Waals surface area contributed by atoms with Crippen LogP contribution in [0.3, 0.4) is 0 Å². The summed E-state index contributed by atoms with van der Waals surface area (Å²) in [6.45, 7) is 2.64. The van der Waals surface area contributed by atoms with Crippen LogP contribution in [0.5, 0.6) is 0 Å². The van der Waals surface area contributed by atoms with Gasteiger partial charge in [-0.25, -0.2) is 4.98 Å². The molecule has 0 fully saturated rings. The summed E-state index contributed by atoms with van der Waals surface area (Å²) in [7, 11) is 3.48. The van der Waals surface area contributed by atoms with Crippen LogP contribution in [0.15, 0.2) is 17.5 Å². The van der Waals surface area contributed by atoms with Crippen LogP contribution in [0.1, 0.15) is 21.2 Å². The lowest BCUT2D eigenvalue weighted by atomic mass is 10.3. The van der Waals surface area contributed by atoms with E-state index in [0.29, 0.717) is 18.1 Å². The number of aromatic nitrogens is 3. The van der Waals surface area contributed by atoms with Crippen LogP contribution in [0.4, 0.5) is 5.82 Å². The highest BCUT2D eigenvalue weighted by molar-refractivity contribution is 7.09. The number of anilines is 1. The molecule has 6 nitrogen and oxygen atoms in total. The van der Waals surface area contributed by atoms with E-state index in [1.54, 1.807) is 30.5 Å². The van der Waals surface area contributed by atoms with Crippen LogP contribution in [0.25, 0.3) is 0 Å². The van der Waals surface area contributed by atoms with Gasteiger partial charge in [0.15, 0.2) is 11.5 Å². The summed E-state index contributed by atoms with van der Waals surface area (Å²) in [6, 6.07) is 3.43. The highest BCUT2D eigenvalue weighted by Crippen LogP contribution is 2.14. The van der Waals surface area contributed by atoms with Gasteiger partial charge in [0.1, 0.15) is 0 Å². The predicted molar refractivity (Wildman–Crippen MR) is 74.4 cm³/mol. The van der Waals surface area contributed by atoms with Gasteiger partial charge in [-0.1, -0.05) is 0 Å². The molecular weight excluding hydrogens is 262 g/mol. The second-order valence-corrected chi connectivity index (χ2v) is 5.13. The maximum Gasteiger partial charge on any atom is 0.271 e. The van der Waals surface area contributed by atoms with Gasteiger partial charge in [-0.2, -0.15) is 0 Å². The zero-order valence-corrected chi connectivity index (χ0v) is 11.9. The summed E-state index contributed by atoms with van der Waals surface area (Å²) in [5, 5.41) is 13.5. The summed E-state index contributed by atoms with van der Waals surface area (Å²) < 4.78 is 0. The third-order valence-corrected chi connectivity index (χ3v) is 3.39. The van der Waals surface area contributed by atoms with Crippen molar-refractivity contribution in [2.24, 2.45) is 0 Å². The molecule has 2 heterocycles. The topological polar surface area (TPSA) is 71.0 Å². The third kappa shape index (κ3) is 3.25. The quantitative estimate of drug-likeness (QED) is 0.910. The SMILES string of the molecule is CNC(=O)c1ccc(N(C)Cc2csc(C)n2)nn1. The number of amides is 1. The van der Waals surface area contributed by atoms with E-state index in [2.05, 4.69) is 20.5 Å². The Morgan fingerprint density at radius 2 is 2.21 bits per heavy atom. The summed E-state index contributed by atoms with van der Waals surface area (Å²) in [5.74, 6) is 0.468. The van der Waals surface area contributed by atoms with E-state index in [1.807, 2.05) is 24.3 Å². The monoisotopic (exact) mass is 277 g/mol. The lowest BCUT2D eigenvalue weighted by molar-refractivity contribution is 0.0957. The van der Waals surface area contributed by atoms with Crippen molar-refractivity contribution < 1.29 is 4.79 Å². The highest BCUT2D eigenvalue weighted by Gasteiger charge is 2.09. The van der Waals surface area contributed by atoms with Crippen molar-refractivity contribution in [2.75, 3.05) is 19.0 Å². The maximum absolute atomic E-state index is 11.4. The molecule has 0 aliphatic carbocycles. The largest absolute Gasteiger partial charge is 0.354 e. The fourth-order valence-electron chi connectivity index (χ4n) is 1.58. The van der Waals surface area contributed by atoms with E-state index >= 15 is 0 Å². The van der Waals surface area contributed by atoms with E-state index in [-0.39, 0.29) is 5.91 Å². The number of nitrogens with one attached hydrogen (secondary N) is 1.